The Bertz CT molecular complexity index is 248. The van der Waals surface area contributed by atoms with E-state index < -0.39 is 8.32 Å². The summed E-state index contributed by atoms with van der Waals surface area (Å²) in [5.74, 6) is 0. The SMILES string of the molecule is CCCCCCCCCC(CCCC)O[Si]1(C)CCCCC1. The van der Waals surface area contributed by atoms with E-state index in [4.69, 9.17) is 4.43 Å². The van der Waals surface area contributed by atoms with E-state index in [-0.39, 0.29) is 0 Å². The molecule has 0 radical (unpaired) electrons. The van der Waals surface area contributed by atoms with Gasteiger partial charge in [-0.05, 0) is 31.5 Å². The molecule has 1 atom stereocenters. The van der Waals surface area contributed by atoms with E-state index in [0.717, 1.165) is 0 Å². The highest BCUT2D eigenvalue weighted by molar-refractivity contribution is 6.72. The highest BCUT2D eigenvalue weighted by Crippen LogP contribution is 2.32. The standard InChI is InChI=1S/C20H42OSi/c1-4-6-8-9-10-11-13-17-20(16-7-5-2)21-22(3)18-14-12-15-19-22/h20H,4-19H2,1-3H3. The van der Waals surface area contributed by atoms with Crippen molar-refractivity contribution in [2.75, 3.05) is 0 Å². The van der Waals surface area contributed by atoms with Crippen LogP contribution in [0.5, 0.6) is 0 Å². The third-order valence-electron chi connectivity index (χ3n) is 5.37. The van der Waals surface area contributed by atoms with E-state index in [1.807, 2.05) is 0 Å². The van der Waals surface area contributed by atoms with Gasteiger partial charge >= 0.3 is 0 Å². The van der Waals surface area contributed by atoms with Crippen LogP contribution in [0.25, 0.3) is 0 Å². The molecule has 1 rings (SSSR count). The van der Waals surface area contributed by atoms with Crippen molar-refractivity contribution in [3.8, 4) is 0 Å². The zero-order chi connectivity index (χ0) is 16.1. The van der Waals surface area contributed by atoms with Crippen molar-refractivity contribution >= 4 is 8.32 Å². The molecular formula is C20H42OSi. The zero-order valence-corrected chi connectivity index (χ0v) is 16.8. The number of rotatable bonds is 13. The van der Waals surface area contributed by atoms with Crippen molar-refractivity contribution in [3.05, 3.63) is 0 Å². The average Bonchev–Trinajstić information content (AvgIpc) is 2.52. The predicted octanol–water partition coefficient (Wildman–Crippen LogP) is 7.46. The van der Waals surface area contributed by atoms with Crippen LogP contribution in [-0.4, -0.2) is 14.4 Å². The predicted molar refractivity (Wildman–Crippen MR) is 102 cm³/mol. The molecule has 0 aromatic carbocycles. The number of unbranched alkanes of at least 4 members (excludes halogenated alkanes) is 7. The Balaban J connectivity index is 2.21. The highest BCUT2D eigenvalue weighted by atomic mass is 28.4. The van der Waals surface area contributed by atoms with Crippen molar-refractivity contribution in [3.63, 3.8) is 0 Å². The maximum Gasteiger partial charge on any atom is 0.190 e. The van der Waals surface area contributed by atoms with E-state index in [1.54, 1.807) is 0 Å². The zero-order valence-electron chi connectivity index (χ0n) is 15.8. The van der Waals surface area contributed by atoms with E-state index in [1.165, 1.54) is 102 Å². The Morgan fingerprint density at radius 1 is 0.727 bits per heavy atom. The van der Waals surface area contributed by atoms with Crippen LogP contribution in [0.3, 0.4) is 0 Å². The summed E-state index contributed by atoms with van der Waals surface area (Å²) >= 11 is 0. The fourth-order valence-corrected chi connectivity index (χ4v) is 7.36. The van der Waals surface area contributed by atoms with Gasteiger partial charge in [-0.25, -0.2) is 0 Å². The minimum absolute atomic E-state index is 0.588. The summed E-state index contributed by atoms with van der Waals surface area (Å²) in [5.41, 5.74) is 0. The Kier molecular flexibility index (Phi) is 11.6. The Morgan fingerprint density at radius 2 is 1.27 bits per heavy atom. The molecule has 132 valence electrons. The molecule has 22 heavy (non-hydrogen) atoms. The van der Waals surface area contributed by atoms with Gasteiger partial charge in [-0.2, -0.15) is 0 Å². The first-order chi connectivity index (χ1) is 10.7. The van der Waals surface area contributed by atoms with Crippen LogP contribution < -0.4 is 0 Å². The van der Waals surface area contributed by atoms with Gasteiger partial charge in [0.25, 0.3) is 0 Å². The van der Waals surface area contributed by atoms with E-state index in [2.05, 4.69) is 20.4 Å². The quantitative estimate of drug-likeness (QED) is 0.252. The van der Waals surface area contributed by atoms with Crippen LogP contribution in [0.1, 0.15) is 104 Å². The van der Waals surface area contributed by atoms with E-state index in [0.29, 0.717) is 6.10 Å². The minimum atomic E-state index is -1.34. The van der Waals surface area contributed by atoms with Crippen LogP contribution in [0, 0.1) is 0 Å². The summed E-state index contributed by atoms with van der Waals surface area (Å²) in [4.78, 5) is 0. The van der Waals surface area contributed by atoms with Crippen molar-refractivity contribution in [1.29, 1.82) is 0 Å². The lowest BCUT2D eigenvalue weighted by Gasteiger charge is -2.35. The average molecular weight is 327 g/mol. The molecule has 0 amide bonds. The summed E-state index contributed by atoms with van der Waals surface area (Å²) in [6.45, 7) is 7.12. The van der Waals surface area contributed by atoms with E-state index >= 15 is 0 Å². The van der Waals surface area contributed by atoms with Gasteiger partial charge in [-0.1, -0.05) is 90.9 Å². The molecule has 0 N–H and O–H groups in total. The number of hydrogen-bond acceptors (Lipinski definition) is 1. The normalized spacial score (nSPS) is 19.2. The summed E-state index contributed by atoms with van der Waals surface area (Å²) in [7, 11) is -1.34. The molecule has 0 aromatic heterocycles. The van der Waals surface area contributed by atoms with Crippen molar-refractivity contribution < 1.29 is 4.43 Å². The second kappa shape index (κ2) is 12.6. The molecule has 2 heteroatoms. The molecule has 0 spiro atoms. The summed E-state index contributed by atoms with van der Waals surface area (Å²) in [6, 6.07) is 2.85. The minimum Gasteiger partial charge on any atom is -0.414 e. The van der Waals surface area contributed by atoms with Gasteiger partial charge in [0, 0.05) is 6.10 Å². The van der Waals surface area contributed by atoms with Crippen LogP contribution in [-0.2, 0) is 4.43 Å². The number of hydrogen-bond donors (Lipinski definition) is 0. The molecule has 1 saturated heterocycles. The summed E-state index contributed by atoms with van der Waals surface area (Å²) < 4.78 is 6.76. The maximum absolute atomic E-state index is 6.76. The van der Waals surface area contributed by atoms with Gasteiger partial charge in [0.15, 0.2) is 8.32 Å². The second-order valence-corrected chi connectivity index (χ2v) is 11.9. The molecular weight excluding hydrogens is 284 g/mol. The molecule has 0 aliphatic carbocycles. The molecule has 1 unspecified atom stereocenters. The fourth-order valence-electron chi connectivity index (χ4n) is 3.84. The molecule has 0 aromatic rings. The molecule has 1 nitrogen and oxygen atoms in total. The largest absolute Gasteiger partial charge is 0.414 e. The van der Waals surface area contributed by atoms with Crippen LogP contribution in [0.4, 0.5) is 0 Å². The molecule has 0 saturated carbocycles. The lowest BCUT2D eigenvalue weighted by atomic mass is 10.0. The Hall–Kier alpha value is 0.177. The monoisotopic (exact) mass is 326 g/mol. The van der Waals surface area contributed by atoms with Crippen molar-refractivity contribution in [2.24, 2.45) is 0 Å². The van der Waals surface area contributed by atoms with E-state index in [9.17, 15) is 0 Å². The van der Waals surface area contributed by atoms with Crippen LogP contribution in [0.15, 0.2) is 0 Å². The van der Waals surface area contributed by atoms with Gasteiger partial charge in [0.2, 0.25) is 0 Å². The van der Waals surface area contributed by atoms with Gasteiger partial charge in [-0.15, -0.1) is 0 Å². The molecule has 1 heterocycles. The van der Waals surface area contributed by atoms with Crippen molar-refractivity contribution in [1.82, 2.24) is 0 Å². The molecule has 1 aliphatic rings. The smallest absolute Gasteiger partial charge is 0.190 e. The molecule has 1 fully saturated rings. The summed E-state index contributed by atoms with van der Waals surface area (Å²) in [5, 5.41) is 0. The third kappa shape index (κ3) is 9.35. The molecule has 1 aliphatic heterocycles. The van der Waals surface area contributed by atoms with Gasteiger partial charge in [0.1, 0.15) is 0 Å². The van der Waals surface area contributed by atoms with Crippen LogP contribution in [0.2, 0.25) is 18.6 Å². The Morgan fingerprint density at radius 3 is 1.91 bits per heavy atom. The second-order valence-electron chi connectivity index (χ2n) is 7.80. The van der Waals surface area contributed by atoms with Crippen molar-refractivity contribution in [2.45, 2.75) is 128 Å². The Labute approximate surface area is 141 Å². The lowest BCUT2D eigenvalue weighted by Crippen LogP contribution is -2.40. The fraction of sp³-hybridized carbons (Fsp3) is 1.00. The van der Waals surface area contributed by atoms with Crippen LogP contribution >= 0.6 is 0 Å². The lowest BCUT2D eigenvalue weighted by molar-refractivity contribution is 0.158. The first-order valence-electron chi connectivity index (χ1n) is 10.4. The highest BCUT2D eigenvalue weighted by Gasteiger charge is 2.33. The molecule has 0 bridgehead atoms. The third-order valence-corrected chi connectivity index (χ3v) is 9.10. The van der Waals surface area contributed by atoms with Gasteiger partial charge in [0.05, 0.1) is 0 Å². The van der Waals surface area contributed by atoms with Gasteiger partial charge < -0.3 is 4.43 Å². The first kappa shape index (κ1) is 20.2. The first-order valence-corrected chi connectivity index (χ1v) is 13.2. The topological polar surface area (TPSA) is 9.23 Å². The summed E-state index contributed by atoms with van der Waals surface area (Å²) in [6.07, 6.45) is 20.1. The van der Waals surface area contributed by atoms with Gasteiger partial charge in [-0.3, -0.25) is 0 Å². The maximum atomic E-state index is 6.76.